The minimum atomic E-state index is -0.112. The van der Waals surface area contributed by atoms with E-state index >= 15 is 0 Å². The number of methoxy groups -OCH3 is 1. The molecule has 0 aliphatic heterocycles. The van der Waals surface area contributed by atoms with Crippen molar-refractivity contribution in [2.24, 2.45) is 17.0 Å². The smallest absolute Gasteiger partial charge is 0.308 e. The Labute approximate surface area is 77.6 Å². The van der Waals surface area contributed by atoms with Gasteiger partial charge in [0.25, 0.3) is 0 Å². The van der Waals surface area contributed by atoms with E-state index < -0.39 is 0 Å². The molecule has 0 heterocycles. The summed E-state index contributed by atoms with van der Waals surface area (Å²) >= 11 is 0. The molecule has 1 N–H and O–H groups in total. The van der Waals surface area contributed by atoms with Crippen molar-refractivity contribution in [1.82, 2.24) is 0 Å². The maximum Gasteiger partial charge on any atom is 0.308 e. The van der Waals surface area contributed by atoms with Crippen LogP contribution >= 0.6 is 0 Å². The molecule has 0 spiro atoms. The standard InChI is InChI=1S/C9H15NO3/c1-13-9(11)8-4-2-7(3-5-8)6-10-12/h6-8,12H,2-5H2,1H3/t7-,8-. The molecule has 0 atom stereocenters. The van der Waals surface area contributed by atoms with Gasteiger partial charge < -0.3 is 9.94 Å². The van der Waals surface area contributed by atoms with Crippen LogP contribution in [0.25, 0.3) is 0 Å². The van der Waals surface area contributed by atoms with Crippen LogP contribution in [0.15, 0.2) is 5.16 Å². The molecule has 0 amide bonds. The SMILES string of the molecule is COC(=O)[C@H]1CC[C@H](C=NO)CC1. The Kier molecular flexibility index (Phi) is 3.73. The molecule has 0 saturated heterocycles. The van der Waals surface area contributed by atoms with Gasteiger partial charge in [0.15, 0.2) is 0 Å². The van der Waals surface area contributed by atoms with Gasteiger partial charge >= 0.3 is 5.97 Å². The van der Waals surface area contributed by atoms with Crippen molar-refractivity contribution in [2.75, 3.05) is 7.11 Å². The molecule has 1 aliphatic carbocycles. The first-order chi connectivity index (χ1) is 6.27. The van der Waals surface area contributed by atoms with Crippen molar-refractivity contribution in [1.29, 1.82) is 0 Å². The van der Waals surface area contributed by atoms with E-state index in [9.17, 15) is 4.79 Å². The Morgan fingerprint density at radius 3 is 2.54 bits per heavy atom. The molecule has 1 rings (SSSR count). The van der Waals surface area contributed by atoms with E-state index in [0.29, 0.717) is 5.92 Å². The van der Waals surface area contributed by atoms with Gasteiger partial charge in [-0.3, -0.25) is 4.79 Å². The summed E-state index contributed by atoms with van der Waals surface area (Å²) < 4.78 is 4.66. The highest BCUT2D eigenvalue weighted by Gasteiger charge is 2.25. The van der Waals surface area contributed by atoms with Crippen LogP contribution in [-0.2, 0) is 9.53 Å². The third kappa shape index (κ3) is 2.72. The number of ether oxygens (including phenoxy) is 1. The lowest BCUT2D eigenvalue weighted by Gasteiger charge is -2.23. The lowest BCUT2D eigenvalue weighted by Crippen LogP contribution is -2.23. The zero-order valence-corrected chi connectivity index (χ0v) is 7.77. The number of rotatable bonds is 2. The first-order valence-electron chi connectivity index (χ1n) is 4.53. The topological polar surface area (TPSA) is 58.9 Å². The summed E-state index contributed by atoms with van der Waals surface area (Å²) in [6.45, 7) is 0. The quantitative estimate of drug-likeness (QED) is 0.306. The fraction of sp³-hybridized carbons (Fsp3) is 0.778. The van der Waals surface area contributed by atoms with E-state index in [1.165, 1.54) is 7.11 Å². The summed E-state index contributed by atoms with van der Waals surface area (Å²) in [6.07, 6.45) is 5.04. The average molecular weight is 185 g/mol. The maximum absolute atomic E-state index is 11.1. The highest BCUT2D eigenvalue weighted by molar-refractivity contribution is 5.72. The largest absolute Gasteiger partial charge is 0.469 e. The molecular formula is C9H15NO3. The Morgan fingerprint density at radius 1 is 1.46 bits per heavy atom. The average Bonchev–Trinajstić information content (AvgIpc) is 2.18. The van der Waals surface area contributed by atoms with Crippen molar-refractivity contribution in [3.05, 3.63) is 0 Å². The molecule has 0 unspecified atom stereocenters. The third-order valence-corrected chi connectivity index (χ3v) is 2.58. The first kappa shape index (κ1) is 10.0. The van der Waals surface area contributed by atoms with Gasteiger partial charge in [0.05, 0.1) is 13.0 Å². The number of carbonyl (C=O) groups is 1. The number of hydrogen-bond acceptors (Lipinski definition) is 4. The summed E-state index contributed by atoms with van der Waals surface area (Å²) in [5.74, 6) is 0.263. The molecule has 1 fully saturated rings. The van der Waals surface area contributed by atoms with Gasteiger partial charge in [-0.05, 0) is 31.6 Å². The molecule has 0 aromatic rings. The molecule has 1 aliphatic rings. The highest BCUT2D eigenvalue weighted by atomic mass is 16.5. The van der Waals surface area contributed by atoms with Crippen molar-refractivity contribution < 1.29 is 14.7 Å². The molecule has 0 aromatic carbocycles. The van der Waals surface area contributed by atoms with E-state index in [-0.39, 0.29) is 11.9 Å². The Bertz CT molecular complexity index is 195. The van der Waals surface area contributed by atoms with Gasteiger partial charge in [-0.15, -0.1) is 5.16 Å². The number of esters is 1. The molecular weight excluding hydrogens is 170 g/mol. The molecule has 0 aromatic heterocycles. The molecule has 4 nitrogen and oxygen atoms in total. The second-order valence-electron chi connectivity index (χ2n) is 3.40. The summed E-state index contributed by atoms with van der Waals surface area (Å²) in [6, 6.07) is 0. The molecule has 4 heteroatoms. The zero-order valence-electron chi connectivity index (χ0n) is 7.77. The van der Waals surface area contributed by atoms with Crippen LogP contribution in [0.1, 0.15) is 25.7 Å². The minimum absolute atomic E-state index is 0.0494. The zero-order chi connectivity index (χ0) is 9.68. The fourth-order valence-electron chi connectivity index (χ4n) is 1.76. The molecule has 74 valence electrons. The van der Waals surface area contributed by atoms with Crippen molar-refractivity contribution in [3.63, 3.8) is 0 Å². The summed E-state index contributed by atoms with van der Waals surface area (Å²) in [5, 5.41) is 11.3. The van der Waals surface area contributed by atoms with Crippen molar-refractivity contribution in [3.8, 4) is 0 Å². The van der Waals surface area contributed by atoms with Gasteiger partial charge in [0.2, 0.25) is 0 Å². The van der Waals surface area contributed by atoms with Crippen molar-refractivity contribution in [2.45, 2.75) is 25.7 Å². The second kappa shape index (κ2) is 4.84. The van der Waals surface area contributed by atoms with Crippen molar-refractivity contribution >= 4 is 12.2 Å². The number of carbonyl (C=O) groups excluding carboxylic acids is 1. The monoisotopic (exact) mass is 185 g/mol. The normalized spacial score (nSPS) is 29.0. The summed E-state index contributed by atoms with van der Waals surface area (Å²) in [5.41, 5.74) is 0. The van der Waals surface area contributed by atoms with Crippen LogP contribution < -0.4 is 0 Å². The van der Waals surface area contributed by atoms with Gasteiger partial charge in [-0.25, -0.2) is 0 Å². The fourth-order valence-corrected chi connectivity index (χ4v) is 1.76. The van der Waals surface area contributed by atoms with Gasteiger partial charge in [-0.1, -0.05) is 0 Å². The summed E-state index contributed by atoms with van der Waals surface area (Å²) in [7, 11) is 1.42. The van der Waals surface area contributed by atoms with Gasteiger partial charge in [0, 0.05) is 6.21 Å². The van der Waals surface area contributed by atoms with Gasteiger partial charge in [0.1, 0.15) is 0 Å². The molecule has 0 bridgehead atoms. The van der Waals surface area contributed by atoms with E-state index in [2.05, 4.69) is 9.89 Å². The number of hydrogen-bond donors (Lipinski definition) is 1. The molecule has 1 saturated carbocycles. The van der Waals surface area contributed by atoms with Crippen LogP contribution in [0.2, 0.25) is 0 Å². The lowest BCUT2D eigenvalue weighted by molar-refractivity contribution is -0.146. The van der Waals surface area contributed by atoms with E-state index in [1.54, 1.807) is 6.21 Å². The number of nitrogens with zero attached hydrogens (tertiary/aromatic N) is 1. The van der Waals surface area contributed by atoms with Crippen LogP contribution in [0, 0.1) is 11.8 Å². The van der Waals surface area contributed by atoms with Gasteiger partial charge in [-0.2, -0.15) is 0 Å². The molecule has 13 heavy (non-hydrogen) atoms. The van der Waals surface area contributed by atoms with Crippen LogP contribution in [0.5, 0.6) is 0 Å². The van der Waals surface area contributed by atoms with Crippen LogP contribution in [0.3, 0.4) is 0 Å². The summed E-state index contributed by atoms with van der Waals surface area (Å²) in [4.78, 5) is 11.1. The Hall–Kier alpha value is -1.06. The first-order valence-corrected chi connectivity index (χ1v) is 4.53. The van der Waals surface area contributed by atoms with Crippen LogP contribution in [0.4, 0.5) is 0 Å². The lowest BCUT2D eigenvalue weighted by atomic mass is 9.83. The second-order valence-corrected chi connectivity index (χ2v) is 3.40. The molecule has 0 radical (unpaired) electrons. The predicted octanol–water partition coefficient (Wildman–Crippen LogP) is 1.43. The Balaban J connectivity index is 2.34. The van der Waals surface area contributed by atoms with Crippen LogP contribution in [-0.4, -0.2) is 24.5 Å². The maximum atomic E-state index is 11.1. The predicted molar refractivity (Wildman–Crippen MR) is 47.7 cm³/mol. The Morgan fingerprint density at radius 2 is 2.08 bits per heavy atom. The third-order valence-electron chi connectivity index (χ3n) is 2.58. The van der Waals surface area contributed by atoms with E-state index in [0.717, 1.165) is 25.7 Å². The highest BCUT2D eigenvalue weighted by Crippen LogP contribution is 2.28. The number of oxime groups is 1. The van der Waals surface area contributed by atoms with E-state index in [1.807, 2.05) is 0 Å². The van der Waals surface area contributed by atoms with E-state index in [4.69, 9.17) is 5.21 Å². The minimum Gasteiger partial charge on any atom is -0.469 e.